The van der Waals surface area contributed by atoms with Crippen molar-refractivity contribution in [3.63, 3.8) is 0 Å². The molecule has 0 amide bonds. The third-order valence-electron chi connectivity index (χ3n) is 3.24. The van der Waals surface area contributed by atoms with Gasteiger partial charge in [-0.1, -0.05) is 6.92 Å². The van der Waals surface area contributed by atoms with E-state index in [0.29, 0.717) is 31.1 Å². The maximum Gasteiger partial charge on any atom is 0.246 e. The third-order valence-corrected chi connectivity index (χ3v) is 5.56. The van der Waals surface area contributed by atoms with E-state index in [1.54, 1.807) is 6.92 Å². The average molecular weight is 308 g/mol. The summed E-state index contributed by atoms with van der Waals surface area (Å²) in [5, 5.41) is 6.63. The highest BCUT2D eigenvalue weighted by atomic mass is 35.5. The highest BCUT2D eigenvalue weighted by Crippen LogP contribution is 2.25. The number of hydrogen-bond donors (Lipinski definition) is 1. The summed E-state index contributed by atoms with van der Waals surface area (Å²) in [6, 6.07) is 0. The molecule has 1 unspecified atom stereocenters. The summed E-state index contributed by atoms with van der Waals surface area (Å²) in [5.41, 5.74) is 0.897. The number of sulfonamides is 1. The van der Waals surface area contributed by atoms with E-state index < -0.39 is 10.0 Å². The smallest absolute Gasteiger partial charge is 0.246 e. The molecule has 1 aromatic heterocycles. The molecule has 0 aliphatic carbocycles. The number of aromatic amines is 1. The molecule has 1 atom stereocenters. The van der Waals surface area contributed by atoms with Gasteiger partial charge in [0.15, 0.2) is 0 Å². The summed E-state index contributed by atoms with van der Waals surface area (Å²) in [6.07, 6.45) is 0.744. The van der Waals surface area contributed by atoms with Crippen LogP contribution in [0.3, 0.4) is 0 Å². The molecule has 0 aromatic carbocycles. The van der Waals surface area contributed by atoms with Crippen molar-refractivity contribution in [2.24, 2.45) is 0 Å². The number of alkyl halides is 1. The number of halogens is 1. The molecule has 0 radical (unpaired) electrons. The van der Waals surface area contributed by atoms with Crippen LogP contribution in [0.4, 0.5) is 0 Å². The highest BCUT2D eigenvalue weighted by molar-refractivity contribution is 7.89. The van der Waals surface area contributed by atoms with Gasteiger partial charge in [0.05, 0.1) is 30.0 Å². The minimum absolute atomic E-state index is 0.0461. The average Bonchev–Trinajstić information content (AvgIpc) is 2.80. The third kappa shape index (κ3) is 2.79. The minimum atomic E-state index is -3.56. The predicted octanol–water partition coefficient (Wildman–Crippen LogP) is 1.26. The van der Waals surface area contributed by atoms with E-state index >= 15 is 0 Å². The van der Waals surface area contributed by atoms with Gasteiger partial charge in [-0.05, 0) is 13.3 Å². The molecule has 0 bridgehead atoms. The number of hydrogen-bond acceptors (Lipinski definition) is 4. The minimum Gasteiger partial charge on any atom is -0.375 e. The zero-order valence-corrected chi connectivity index (χ0v) is 12.6. The number of H-pyrrole nitrogens is 1. The van der Waals surface area contributed by atoms with Gasteiger partial charge in [-0.15, -0.1) is 11.6 Å². The Morgan fingerprint density at radius 3 is 2.95 bits per heavy atom. The number of aromatic nitrogens is 2. The second kappa shape index (κ2) is 5.78. The number of nitrogens with zero attached hydrogens (tertiary/aromatic N) is 2. The Bertz CT molecular complexity index is 543. The molecule has 6 nitrogen and oxygen atoms in total. The van der Waals surface area contributed by atoms with Crippen molar-refractivity contribution in [3.8, 4) is 0 Å². The van der Waals surface area contributed by atoms with Crippen molar-refractivity contribution in [2.45, 2.75) is 37.1 Å². The molecule has 8 heteroatoms. The lowest BCUT2D eigenvalue weighted by atomic mass is 10.2. The number of aryl methyl sites for hydroxylation is 1. The van der Waals surface area contributed by atoms with Crippen LogP contribution in [0.1, 0.15) is 24.7 Å². The van der Waals surface area contributed by atoms with Crippen molar-refractivity contribution in [1.82, 2.24) is 14.5 Å². The Kier molecular flexibility index (Phi) is 4.50. The Hall–Kier alpha value is -0.630. The summed E-state index contributed by atoms with van der Waals surface area (Å²) in [5.74, 6) is 0.0699. The predicted molar refractivity (Wildman–Crippen MR) is 71.7 cm³/mol. The monoisotopic (exact) mass is 307 g/mol. The summed E-state index contributed by atoms with van der Waals surface area (Å²) >= 11 is 5.76. The van der Waals surface area contributed by atoms with Crippen molar-refractivity contribution >= 4 is 21.6 Å². The van der Waals surface area contributed by atoms with Gasteiger partial charge in [-0.25, -0.2) is 8.42 Å². The number of nitrogens with one attached hydrogen (secondary N) is 1. The van der Waals surface area contributed by atoms with Crippen molar-refractivity contribution in [2.75, 3.05) is 19.7 Å². The largest absolute Gasteiger partial charge is 0.375 e. The molecule has 1 N–H and O–H groups in total. The van der Waals surface area contributed by atoms with Gasteiger partial charge in [-0.3, -0.25) is 5.10 Å². The van der Waals surface area contributed by atoms with E-state index in [1.807, 2.05) is 6.92 Å². The highest BCUT2D eigenvalue weighted by Gasteiger charge is 2.34. The molecule has 1 saturated heterocycles. The summed E-state index contributed by atoms with van der Waals surface area (Å²) in [4.78, 5) is 0.208. The van der Waals surface area contributed by atoms with Gasteiger partial charge in [0.2, 0.25) is 10.0 Å². The van der Waals surface area contributed by atoms with Gasteiger partial charge in [-0.2, -0.15) is 9.40 Å². The van der Waals surface area contributed by atoms with E-state index in [2.05, 4.69) is 10.2 Å². The first-order valence-corrected chi connectivity index (χ1v) is 8.19. The van der Waals surface area contributed by atoms with E-state index in [1.165, 1.54) is 4.31 Å². The quantitative estimate of drug-likeness (QED) is 0.850. The fraction of sp³-hybridized carbons (Fsp3) is 0.727. The molecule has 1 aliphatic rings. The van der Waals surface area contributed by atoms with Gasteiger partial charge >= 0.3 is 0 Å². The van der Waals surface area contributed by atoms with E-state index in [4.69, 9.17) is 16.3 Å². The van der Waals surface area contributed by atoms with Crippen LogP contribution in [-0.4, -0.2) is 48.7 Å². The topological polar surface area (TPSA) is 75.3 Å². The number of ether oxygens (including phenoxy) is 1. The van der Waals surface area contributed by atoms with Gasteiger partial charge in [0.25, 0.3) is 0 Å². The molecule has 1 fully saturated rings. The number of rotatable bonds is 4. The number of morpholine rings is 1. The van der Waals surface area contributed by atoms with Crippen LogP contribution in [0.2, 0.25) is 0 Å². The van der Waals surface area contributed by atoms with Crippen LogP contribution < -0.4 is 0 Å². The lowest BCUT2D eigenvalue weighted by Gasteiger charge is -2.31. The fourth-order valence-electron chi connectivity index (χ4n) is 2.19. The molecular formula is C11H18ClN3O3S. The SMILES string of the molecule is CCC1CN(S(=O)(=O)c2c(CCl)n[nH]c2C)CCO1. The molecule has 108 valence electrons. The fourth-order valence-corrected chi connectivity index (χ4v) is 4.25. The van der Waals surface area contributed by atoms with Gasteiger partial charge < -0.3 is 4.74 Å². The van der Waals surface area contributed by atoms with E-state index in [-0.39, 0.29) is 16.9 Å². The van der Waals surface area contributed by atoms with Crippen LogP contribution in [0.5, 0.6) is 0 Å². The zero-order chi connectivity index (χ0) is 14.0. The molecule has 19 heavy (non-hydrogen) atoms. The van der Waals surface area contributed by atoms with Crippen LogP contribution in [0.15, 0.2) is 4.90 Å². The molecule has 2 rings (SSSR count). The maximum absolute atomic E-state index is 12.7. The molecular weight excluding hydrogens is 290 g/mol. The first-order chi connectivity index (χ1) is 9.00. The van der Waals surface area contributed by atoms with Crippen LogP contribution in [0, 0.1) is 6.92 Å². The van der Waals surface area contributed by atoms with Gasteiger partial charge in [0, 0.05) is 13.1 Å². The normalized spacial score (nSPS) is 21.7. The van der Waals surface area contributed by atoms with E-state index in [9.17, 15) is 8.42 Å². The summed E-state index contributed by atoms with van der Waals surface area (Å²) in [6.45, 7) is 4.84. The molecule has 2 heterocycles. The summed E-state index contributed by atoms with van der Waals surface area (Å²) < 4.78 is 32.3. The van der Waals surface area contributed by atoms with Crippen LogP contribution in [0.25, 0.3) is 0 Å². The van der Waals surface area contributed by atoms with Crippen molar-refractivity contribution in [3.05, 3.63) is 11.4 Å². The second-order valence-electron chi connectivity index (χ2n) is 4.52. The maximum atomic E-state index is 12.7. The second-order valence-corrected chi connectivity index (χ2v) is 6.66. The van der Waals surface area contributed by atoms with Crippen molar-refractivity contribution < 1.29 is 13.2 Å². The lowest BCUT2D eigenvalue weighted by Crippen LogP contribution is -2.45. The molecule has 0 spiro atoms. The van der Waals surface area contributed by atoms with Crippen molar-refractivity contribution in [1.29, 1.82) is 0 Å². The molecule has 1 aromatic rings. The molecule has 0 saturated carbocycles. The van der Waals surface area contributed by atoms with Crippen LogP contribution >= 0.6 is 11.6 Å². The Morgan fingerprint density at radius 1 is 1.58 bits per heavy atom. The first-order valence-electron chi connectivity index (χ1n) is 6.22. The Balaban J connectivity index is 2.34. The Labute approximate surface area is 118 Å². The lowest BCUT2D eigenvalue weighted by molar-refractivity contribution is -0.00280. The molecule has 1 aliphatic heterocycles. The van der Waals surface area contributed by atoms with Gasteiger partial charge in [0.1, 0.15) is 4.90 Å². The van der Waals surface area contributed by atoms with E-state index in [0.717, 1.165) is 6.42 Å². The standard InChI is InChI=1S/C11H18ClN3O3S/c1-3-9-7-15(4-5-18-9)19(16,17)11-8(2)13-14-10(11)6-12/h9H,3-7H2,1-2H3,(H,13,14). The van der Waals surface area contributed by atoms with Crippen LogP contribution in [-0.2, 0) is 20.6 Å². The summed E-state index contributed by atoms with van der Waals surface area (Å²) in [7, 11) is -3.56. The zero-order valence-electron chi connectivity index (χ0n) is 11.0. The Morgan fingerprint density at radius 2 is 2.32 bits per heavy atom. The first kappa shape index (κ1) is 14.8.